The summed E-state index contributed by atoms with van der Waals surface area (Å²) in [5, 5.41) is 0.425. The zero-order chi connectivity index (χ0) is 13.9. The Kier molecular flexibility index (Phi) is 4.76. The fourth-order valence-corrected chi connectivity index (χ4v) is 3.90. The molecule has 0 aliphatic carbocycles. The van der Waals surface area contributed by atoms with E-state index < -0.39 is 10.0 Å². The first-order valence-electron chi connectivity index (χ1n) is 6.40. The molecule has 0 aromatic carbocycles. The molecule has 0 saturated carbocycles. The van der Waals surface area contributed by atoms with Crippen LogP contribution in [0, 0.1) is 0 Å². The van der Waals surface area contributed by atoms with Crippen LogP contribution in [-0.4, -0.2) is 41.5 Å². The van der Waals surface area contributed by atoms with Crippen LogP contribution in [0.15, 0.2) is 12.4 Å². The lowest BCUT2D eigenvalue weighted by molar-refractivity contribution is 0.242. The summed E-state index contributed by atoms with van der Waals surface area (Å²) in [7, 11) is -3.11. The van der Waals surface area contributed by atoms with Crippen LogP contribution >= 0.6 is 11.6 Å². The molecule has 0 bridgehead atoms. The van der Waals surface area contributed by atoms with Gasteiger partial charge in [0.15, 0.2) is 0 Å². The van der Waals surface area contributed by atoms with E-state index in [9.17, 15) is 8.42 Å². The highest BCUT2D eigenvalue weighted by molar-refractivity contribution is 7.88. The summed E-state index contributed by atoms with van der Waals surface area (Å²) in [4.78, 5) is 7.98. The summed E-state index contributed by atoms with van der Waals surface area (Å²) in [5.41, 5.74) is 0.860. The number of nitrogens with zero attached hydrogens (tertiary/aromatic N) is 3. The maximum absolute atomic E-state index is 11.7. The van der Waals surface area contributed by atoms with Gasteiger partial charge in [0.1, 0.15) is 11.5 Å². The lowest BCUT2D eigenvalue weighted by atomic mass is 9.99. The van der Waals surface area contributed by atoms with Gasteiger partial charge in [0.2, 0.25) is 10.0 Å². The van der Waals surface area contributed by atoms with Crippen LogP contribution in [0.3, 0.4) is 0 Å². The van der Waals surface area contributed by atoms with Crippen LogP contribution in [0.25, 0.3) is 0 Å². The van der Waals surface area contributed by atoms with E-state index in [4.69, 9.17) is 11.6 Å². The predicted molar refractivity (Wildman–Crippen MR) is 74.6 cm³/mol. The number of sulfonamides is 1. The Labute approximate surface area is 119 Å². The second-order valence-corrected chi connectivity index (χ2v) is 7.22. The van der Waals surface area contributed by atoms with Crippen LogP contribution in [0.4, 0.5) is 0 Å². The van der Waals surface area contributed by atoms with Crippen molar-refractivity contribution in [2.24, 2.45) is 0 Å². The van der Waals surface area contributed by atoms with Crippen LogP contribution in [0.5, 0.6) is 0 Å². The Morgan fingerprint density at radius 1 is 1.42 bits per heavy atom. The largest absolute Gasteiger partial charge is 0.241 e. The summed E-state index contributed by atoms with van der Waals surface area (Å²) in [6, 6.07) is 1.81. The molecule has 5 nitrogen and oxygen atoms in total. The fourth-order valence-electron chi connectivity index (χ4n) is 2.52. The lowest BCUT2D eigenvalue weighted by Gasteiger charge is -2.33. The molecule has 2 rings (SSSR count). The first-order chi connectivity index (χ1) is 8.97. The smallest absolute Gasteiger partial charge is 0.211 e. The van der Waals surface area contributed by atoms with Gasteiger partial charge >= 0.3 is 0 Å². The number of halogens is 1. The lowest BCUT2D eigenvalue weighted by Crippen LogP contribution is -2.43. The normalized spacial score (nSPS) is 21.5. The fraction of sp³-hybridized carbons (Fsp3) is 0.667. The minimum absolute atomic E-state index is 0.0810. The molecule has 1 atom stereocenters. The van der Waals surface area contributed by atoms with Crippen LogP contribution in [0.1, 0.15) is 31.4 Å². The third-order valence-electron chi connectivity index (χ3n) is 3.42. The van der Waals surface area contributed by atoms with Crippen molar-refractivity contribution in [1.82, 2.24) is 14.3 Å². The molecule has 0 N–H and O–H groups in total. The predicted octanol–water partition coefficient (Wildman–Crippen LogP) is 1.88. The van der Waals surface area contributed by atoms with Crippen LogP contribution < -0.4 is 0 Å². The van der Waals surface area contributed by atoms with Crippen molar-refractivity contribution < 1.29 is 8.42 Å². The molecule has 0 amide bonds. The minimum atomic E-state index is -3.11. The Morgan fingerprint density at radius 2 is 2.21 bits per heavy atom. The van der Waals surface area contributed by atoms with E-state index in [-0.39, 0.29) is 6.04 Å². The number of aryl methyl sites for hydroxylation is 1. The van der Waals surface area contributed by atoms with Gasteiger partial charge in [-0.15, -0.1) is 0 Å². The summed E-state index contributed by atoms with van der Waals surface area (Å²) >= 11 is 5.81. The third-order valence-corrected chi connectivity index (χ3v) is 4.96. The highest BCUT2D eigenvalue weighted by Crippen LogP contribution is 2.23. The molecule has 1 fully saturated rings. The maximum atomic E-state index is 11.7. The number of hydrogen-bond acceptors (Lipinski definition) is 4. The topological polar surface area (TPSA) is 63.2 Å². The van der Waals surface area contributed by atoms with Gasteiger partial charge < -0.3 is 0 Å². The Bertz CT molecular complexity index is 536. The van der Waals surface area contributed by atoms with Crippen LogP contribution in [-0.2, 0) is 16.4 Å². The zero-order valence-electron chi connectivity index (χ0n) is 10.9. The van der Waals surface area contributed by atoms with Gasteiger partial charge in [0.25, 0.3) is 0 Å². The van der Waals surface area contributed by atoms with Crippen molar-refractivity contribution in [1.29, 1.82) is 0 Å². The SMILES string of the molecule is CS(=O)(=O)N1CCCC[C@@H]1CCc1cc(Cl)ncn1. The number of piperidine rings is 1. The van der Waals surface area contributed by atoms with Crippen molar-refractivity contribution >= 4 is 21.6 Å². The first kappa shape index (κ1) is 14.7. The molecule has 1 aliphatic heterocycles. The molecule has 2 heterocycles. The van der Waals surface area contributed by atoms with E-state index in [0.717, 1.165) is 37.8 Å². The number of rotatable bonds is 4. The van der Waals surface area contributed by atoms with Gasteiger partial charge in [0.05, 0.1) is 6.26 Å². The van der Waals surface area contributed by atoms with E-state index in [1.54, 1.807) is 10.4 Å². The molecule has 106 valence electrons. The minimum Gasteiger partial charge on any atom is -0.241 e. The molecule has 1 aromatic heterocycles. The van der Waals surface area contributed by atoms with E-state index in [1.165, 1.54) is 12.6 Å². The summed E-state index contributed by atoms with van der Waals surface area (Å²) in [6.07, 6.45) is 7.18. The third kappa shape index (κ3) is 4.12. The van der Waals surface area contributed by atoms with E-state index in [1.807, 2.05) is 0 Å². The molecule has 0 radical (unpaired) electrons. The molecule has 19 heavy (non-hydrogen) atoms. The molecule has 1 aromatic rings. The second-order valence-electron chi connectivity index (χ2n) is 4.89. The van der Waals surface area contributed by atoms with E-state index >= 15 is 0 Å². The van der Waals surface area contributed by atoms with Gasteiger partial charge in [-0.05, 0) is 31.7 Å². The standard InChI is InChI=1S/C12H18ClN3O2S/c1-19(17,18)16-7-3-2-4-11(16)6-5-10-8-12(13)15-9-14-10/h8-9,11H,2-7H2,1H3/t11-/m1/s1. The Hall–Kier alpha value is -0.720. The molecule has 7 heteroatoms. The van der Waals surface area contributed by atoms with Gasteiger partial charge in [-0.2, -0.15) is 4.31 Å². The average molecular weight is 304 g/mol. The van der Waals surface area contributed by atoms with Gasteiger partial charge in [-0.1, -0.05) is 18.0 Å². The zero-order valence-corrected chi connectivity index (χ0v) is 12.5. The van der Waals surface area contributed by atoms with Crippen molar-refractivity contribution in [3.05, 3.63) is 23.2 Å². The van der Waals surface area contributed by atoms with Crippen LogP contribution in [0.2, 0.25) is 5.15 Å². The quantitative estimate of drug-likeness (QED) is 0.797. The molecular formula is C12H18ClN3O2S. The van der Waals surface area contributed by atoms with Gasteiger partial charge in [-0.3, -0.25) is 0 Å². The molecule has 0 spiro atoms. The van der Waals surface area contributed by atoms with E-state index in [0.29, 0.717) is 11.7 Å². The van der Waals surface area contributed by atoms with Crippen molar-refractivity contribution in [3.8, 4) is 0 Å². The highest BCUT2D eigenvalue weighted by Gasteiger charge is 2.28. The van der Waals surface area contributed by atoms with Gasteiger partial charge in [-0.25, -0.2) is 18.4 Å². The molecule has 0 unspecified atom stereocenters. The van der Waals surface area contributed by atoms with Crippen molar-refractivity contribution in [2.75, 3.05) is 12.8 Å². The summed E-state index contributed by atoms with van der Waals surface area (Å²) in [5.74, 6) is 0. The monoisotopic (exact) mass is 303 g/mol. The van der Waals surface area contributed by atoms with Crippen molar-refractivity contribution in [2.45, 2.75) is 38.1 Å². The molecule has 1 aliphatic rings. The summed E-state index contributed by atoms with van der Waals surface area (Å²) in [6.45, 7) is 0.633. The molecular weight excluding hydrogens is 286 g/mol. The highest BCUT2D eigenvalue weighted by atomic mass is 35.5. The van der Waals surface area contributed by atoms with Crippen molar-refractivity contribution in [3.63, 3.8) is 0 Å². The Balaban J connectivity index is 2.01. The Morgan fingerprint density at radius 3 is 2.89 bits per heavy atom. The first-order valence-corrected chi connectivity index (χ1v) is 8.62. The second kappa shape index (κ2) is 6.15. The number of aromatic nitrogens is 2. The average Bonchev–Trinajstić information content (AvgIpc) is 2.36. The maximum Gasteiger partial charge on any atom is 0.211 e. The number of hydrogen-bond donors (Lipinski definition) is 0. The van der Waals surface area contributed by atoms with Gasteiger partial charge in [0, 0.05) is 18.3 Å². The molecule has 1 saturated heterocycles. The summed E-state index contributed by atoms with van der Waals surface area (Å²) < 4.78 is 25.1. The van der Waals surface area contributed by atoms with E-state index in [2.05, 4.69) is 9.97 Å².